The summed E-state index contributed by atoms with van der Waals surface area (Å²) in [5.74, 6) is 0.0995. The van der Waals surface area contributed by atoms with E-state index in [1.807, 2.05) is 24.3 Å². The number of hydrogen-bond acceptors (Lipinski definition) is 6. The molecule has 1 N–H and O–H groups in total. The molecule has 0 radical (unpaired) electrons. The molecule has 22 heavy (non-hydrogen) atoms. The lowest BCUT2D eigenvalue weighted by Gasteiger charge is -2.22. The van der Waals surface area contributed by atoms with E-state index in [-0.39, 0.29) is 11.7 Å². The number of hydrogen-bond donors (Lipinski definition) is 1. The number of piperidine rings is 1. The van der Waals surface area contributed by atoms with Crippen LogP contribution in [0.25, 0.3) is 11.1 Å². The molecule has 1 aliphatic heterocycles. The van der Waals surface area contributed by atoms with Gasteiger partial charge in [-0.1, -0.05) is 23.9 Å². The smallest absolute Gasteiger partial charge is 0.257 e. The standard InChI is InChI=1S/C15H18N4O2S/c1-19-8-6-11(7-9-19)17-18-14(20)10-22-15-16-12-4-2-3-5-13(12)21-15/h2-5H,6-10H2,1H3,(H,18,20). The number of carbonyl (C=O) groups excluding carboxylic acids is 1. The van der Waals surface area contributed by atoms with Crippen molar-refractivity contribution in [3.63, 3.8) is 0 Å². The van der Waals surface area contributed by atoms with Gasteiger partial charge in [0.1, 0.15) is 5.52 Å². The molecule has 2 heterocycles. The minimum atomic E-state index is -0.140. The first-order valence-corrected chi connectivity index (χ1v) is 8.20. The van der Waals surface area contributed by atoms with E-state index in [1.165, 1.54) is 11.8 Å². The fourth-order valence-corrected chi connectivity index (χ4v) is 2.83. The number of rotatable bonds is 4. The lowest BCUT2D eigenvalue weighted by atomic mass is 10.1. The van der Waals surface area contributed by atoms with Crippen molar-refractivity contribution in [1.82, 2.24) is 15.3 Å². The Bertz CT molecular complexity index is 655. The Morgan fingerprint density at radius 1 is 1.41 bits per heavy atom. The topological polar surface area (TPSA) is 70.7 Å². The van der Waals surface area contributed by atoms with Crippen LogP contribution in [0.5, 0.6) is 0 Å². The molecule has 1 fully saturated rings. The van der Waals surface area contributed by atoms with E-state index >= 15 is 0 Å². The van der Waals surface area contributed by atoms with Gasteiger partial charge in [0.15, 0.2) is 5.58 Å². The second-order valence-corrected chi connectivity index (χ2v) is 6.18. The zero-order valence-corrected chi connectivity index (χ0v) is 13.2. The number of amides is 1. The maximum atomic E-state index is 11.8. The van der Waals surface area contributed by atoms with Gasteiger partial charge in [0.25, 0.3) is 11.1 Å². The molecular weight excluding hydrogens is 300 g/mol. The van der Waals surface area contributed by atoms with Crippen molar-refractivity contribution in [2.75, 3.05) is 25.9 Å². The number of likely N-dealkylation sites (tertiary alicyclic amines) is 1. The summed E-state index contributed by atoms with van der Waals surface area (Å²) in [5, 5.41) is 4.70. The molecule has 1 aliphatic rings. The highest BCUT2D eigenvalue weighted by molar-refractivity contribution is 7.99. The van der Waals surface area contributed by atoms with E-state index in [4.69, 9.17) is 4.42 Å². The summed E-state index contributed by atoms with van der Waals surface area (Å²) in [4.78, 5) is 18.4. The van der Waals surface area contributed by atoms with Crippen molar-refractivity contribution in [1.29, 1.82) is 0 Å². The molecule has 0 spiro atoms. The van der Waals surface area contributed by atoms with Gasteiger partial charge in [0.2, 0.25) is 0 Å². The first-order chi connectivity index (χ1) is 10.7. The normalized spacial score (nSPS) is 16.0. The predicted octanol–water partition coefficient (Wildman–Crippen LogP) is 2.12. The molecule has 2 aromatic rings. The van der Waals surface area contributed by atoms with Gasteiger partial charge in [-0.2, -0.15) is 5.10 Å². The van der Waals surface area contributed by atoms with E-state index in [9.17, 15) is 4.79 Å². The van der Waals surface area contributed by atoms with E-state index in [0.29, 0.717) is 5.22 Å². The Kier molecular flexibility index (Phi) is 4.74. The molecule has 0 atom stereocenters. The summed E-state index contributed by atoms with van der Waals surface area (Å²) in [6.45, 7) is 1.98. The Morgan fingerprint density at radius 3 is 2.95 bits per heavy atom. The van der Waals surface area contributed by atoms with E-state index < -0.39 is 0 Å². The zero-order valence-electron chi connectivity index (χ0n) is 12.4. The minimum absolute atomic E-state index is 0.140. The number of thioether (sulfide) groups is 1. The molecule has 1 amide bonds. The van der Waals surface area contributed by atoms with Crippen LogP contribution in [0.1, 0.15) is 12.8 Å². The van der Waals surface area contributed by atoms with Crippen LogP contribution in [0.4, 0.5) is 0 Å². The van der Waals surface area contributed by atoms with Gasteiger partial charge in [-0.3, -0.25) is 4.79 Å². The monoisotopic (exact) mass is 318 g/mol. The number of fused-ring (bicyclic) bond motifs is 1. The average Bonchev–Trinajstić information content (AvgIpc) is 2.95. The second kappa shape index (κ2) is 6.93. The van der Waals surface area contributed by atoms with Crippen molar-refractivity contribution in [3.05, 3.63) is 24.3 Å². The summed E-state index contributed by atoms with van der Waals surface area (Å²) in [7, 11) is 2.09. The van der Waals surface area contributed by atoms with Crippen LogP contribution in [-0.4, -0.2) is 47.4 Å². The molecule has 6 nitrogen and oxygen atoms in total. The van der Waals surface area contributed by atoms with E-state index in [2.05, 4.69) is 27.5 Å². The Labute approximate surface area is 133 Å². The molecule has 1 saturated heterocycles. The number of carbonyl (C=O) groups is 1. The fraction of sp³-hybridized carbons (Fsp3) is 0.400. The van der Waals surface area contributed by atoms with Gasteiger partial charge in [0, 0.05) is 31.6 Å². The second-order valence-electron chi connectivity index (χ2n) is 5.25. The summed E-state index contributed by atoms with van der Waals surface area (Å²) in [5.41, 5.74) is 5.20. The molecule has 116 valence electrons. The van der Waals surface area contributed by atoms with Crippen molar-refractivity contribution in [2.45, 2.75) is 18.1 Å². The molecule has 7 heteroatoms. The van der Waals surface area contributed by atoms with Crippen LogP contribution in [0, 0.1) is 0 Å². The summed E-state index contributed by atoms with van der Waals surface area (Å²) in [6, 6.07) is 7.55. The highest BCUT2D eigenvalue weighted by atomic mass is 32.2. The SMILES string of the molecule is CN1CCC(=NNC(=O)CSc2nc3ccccc3o2)CC1. The van der Waals surface area contributed by atoms with Gasteiger partial charge < -0.3 is 9.32 Å². The lowest BCUT2D eigenvalue weighted by Crippen LogP contribution is -2.32. The number of benzene rings is 1. The van der Waals surface area contributed by atoms with E-state index in [0.717, 1.165) is 42.7 Å². The molecule has 0 aliphatic carbocycles. The third kappa shape index (κ3) is 3.86. The number of para-hydroxylation sites is 2. The average molecular weight is 318 g/mol. The van der Waals surface area contributed by atoms with Crippen LogP contribution >= 0.6 is 11.8 Å². The van der Waals surface area contributed by atoms with E-state index in [1.54, 1.807) is 0 Å². The molecule has 0 bridgehead atoms. The van der Waals surface area contributed by atoms with Gasteiger partial charge in [-0.25, -0.2) is 10.4 Å². The van der Waals surface area contributed by atoms with Gasteiger partial charge in [-0.05, 0) is 19.2 Å². The Balaban J connectivity index is 1.49. The van der Waals surface area contributed by atoms with Crippen LogP contribution in [-0.2, 0) is 4.79 Å². The van der Waals surface area contributed by atoms with Crippen molar-refractivity contribution in [2.24, 2.45) is 5.10 Å². The highest BCUT2D eigenvalue weighted by Gasteiger charge is 2.12. The highest BCUT2D eigenvalue weighted by Crippen LogP contribution is 2.22. The Morgan fingerprint density at radius 2 is 2.18 bits per heavy atom. The summed E-state index contributed by atoms with van der Waals surface area (Å²) in [6.07, 6.45) is 1.82. The number of nitrogens with one attached hydrogen (secondary N) is 1. The van der Waals surface area contributed by atoms with Gasteiger partial charge >= 0.3 is 0 Å². The van der Waals surface area contributed by atoms with Gasteiger partial charge in [-0.15, -0.1) is 0 Å². The lowest BCUT2D eigenvalue weighted by molar-refractivity contribution is -0.118. The fourth-order valence-electron chi connectivity index (χ4n) is 2.20. The molecule has 0 unspecified atom stereocenters. The molecule has 3 rings (SSSR count). The van der Waals surface area contributed by atoms with Crippen molar-refractivity contribution < 1.29 is 9.21 Å². The zero-order chi connectivity index (χ0) is 15.4. The maximum Gasteiger partial charge on any atom is 0.257 e. The summed E-state index contributed by atoms with van der Waals surface area (Å²) >= 11 is 1.27. The number of oxazole rings is 1. The number of aromatic nitrogens is 1. The third-order valence-electron chi connectivity index (χ3n) is 3.50. The van der Waals surface area contributed by atoms with Crippen LogP contribution in [0.3, 0.4) is 0 Å². The van der Waals surface area contributed by atoms with Gasteiger partial charge in [0.05, 0.1) is 5.75 Å². The maximum absolute atomic E-state index is 11.8. The molecule has 1 aromatic carbocycles. The third-order valence-corrected chi connectivity index (χ3v) is 4.33. The first kappa shape index (κ1) is 15.1. The minimum Gasteiger partial charge on any atom is -0.431 e. The predicted molar refractivity (Wildman–Crippen MR) is 87.0 cm³/mol. The summed E-state index contributed by atoms with van der Waals surface area (Å²) < 4.78 is 5.56. The Hall–Kier alpha value is -1.86. The van der Waals surface area contributed by atoms with Crippen molar-refractivity contribution in [3.8, 4) is 0 Å². The number of nitrogens with zero attached hydrogens (tertiary/aromatic N) is 3. The molecule has 1 aromatic heterocycles. The van der Waals surface area contributed by atoms with Crippen LogP contribution in [0.15, 0.2) is 39.0 Å². The van der Waals surface area contributed by atoms with Crippen LogP contribution in [0.2, 0.25) is 0 Å². The molecule has 0 saturated carbocycles. The van der Waals surface area contributed by atoms with Crippen molar-refractivity contribution >= 4 is 34.5 Å². The van der Waals surface area contributed by atoms with Crippen LogP contribution < -0.4 is 5.43 Å². The first-order valence-electron chi connectivity index (χ1n) is 7.22. The largest absolute Gasteiger partial charge is 0.431 e. The molecular formula is C15H18N4O2S. The number of hydrazone groups is 1. The quantitative estimate of drug-likeness (QED) is 0.690.